The normalized spacial score (nSPS) is 10.1. The summed E-state index contributed by atoms with van der Waals surface area (Å²) in [5.74, 6) is -1.11. The largest absolute Gasteiger partial charge is 0.504 e. The first-order chi connectivity index (χ1) is 7.66. The highest BCUT2D eigenvalue weighted by Gasteiger charge is 2.12. The van der Waals surface area contributed by atoms with E-state index in [0.717, 1.165) is 0 Å². The topological polar surface area (TPSA) is 78.8 Å². The maximum absolute atomic E-state index is 11.6. The highest BCUT2D eigenvalue weighted by atomic mass is 16.5. The molecule has 0 aliphatic rings. The fourth-order valence-corrected chi connectivity index (χ4v) is 1.23. The van der Waals surface area contributed by atoms with Crippen LogP contribution in [0.1, 0.15) is 16.8 Å². The van der Waals surface area contributed by atoms with Crippen molar-refractivity contribution in [3.63, 3.8) is 0 Å². The van der Waals surface area contributed by atoms with Crippen LogP contribution in [0, 0.1) is 0 Å². The number of benzene rings is 1. The number of hydrogen-bond donors (Lipinski definition) is 3. The summed E-state index contributed by atoms with van der Waals surface area (Å²) in [6.07, 6.45) is 0.696. The molecular weight excluding hydrogens is 210 g/mol. The third kappa shape index (κ3) is 3.13. The van der Waals surface area contributed by atoms with Crippen LogP contribution in [-0.2, 0) is 4.74 Å². The van der Waals surface area contributed by atoms with Crippen molar-refractivity contribution < 1.29 is 19.7 Å². The Balaban J connectivity index is 2.56. The molecule has 3 N–H and O–H groups in total. The zero-order valence-electron chi connectivity index (χ0n) is 9.06. The quantitative estimate of drug-likeness (QED) is 0.513. The summed E-state index contributed by atoms with van der Waals surface area (Å²) in [4.78, 5) is 11.6. The average molecular weight is 225 g/mol. The predicted octanol–water partition coefficient (Wildman–Crippen LogP) is 0.864. The van der Waals surface area contributed by atoms with Crippen LogP contribution in [0.4, 0.5) is 0 Å². The SMILES string of the molecule is COCCCNC(=O)c1cccc(O)c1O. The number of phenols is 2. The zero-order chi connectivity index (χ0) is 12.0. The Kier molecular flexibility index (Phi) is 4.60. The van der Waals surface area contributed by atoms with Crippen molar-refractivity contribution in [2.45, 2.75) is 6.42 Å². The van der Waals surface area contributed by atoms with Crippen molar-refractivity contribution in [2.75, 3.05) is 20.3 Å². The number of amides is 1. The number of aromatic hydroxyl groups is 2. The maximum Gasteiger partial charge on any atom is 0.255 e. The first-order valence-electron chi connectivity index (χ1n) is 4.95. The van der Waals surface area contributed by atoms with Gasteiger partial charge >= 0.3 is 0 Å². The van der Waals surface area contributed by atoms with E-state index in [2.05, 4.69) is 5.32 Å². The molecule has 1 aromatic rings. The lowest BCUT2D eigenvalue weighted by molar-refractivity contribution is 0.0945. The van der Waals surface area contributed by atoms with Gasteiger partial charge in [-0.25, -0.2) is 0 Å². The molecule has 5 nitrogen and oxygen atoms in total. The number of carbonyl (C=O) groups excluding carboxylic acids is 1. The van der Waals surface area contributed by atoms with Gasteiger partial charge in [0.05, 0.1) is 5.56 Å². The predicted molar refractivity (Wildman–Crippen MR) is 58.6 cm³/mol. The molecule has 0 spiro atoms. The summed E-state index contributed by atoms with van der Waals surface area (Å²) in [5, 5.41) is 21.3. The summed E-state index contributed by atoms with van der Waals surface area (Å²) in [6, 6.07) is 4.26. The molecule has 0 heterocycles. The Morgan fingerprint density at radius 3 is 2.88 bits per heavy atom. The second-order valence-electron chi connectivity index (χ2n) is 3.28. The lowest BCUT2D eigenvalue weighted by Gasteiger charge is -2.07. The Bertz CT molecular complexity index is 365. The van der Waals surface area contributed by atoms with Crippen LogP contribution in [0.25, 0.3) is 0 Å². The Labute approximate surface area is 93.7 Å². The molecule has 0 saturated heterocycles. The summed E-state index contributed by atoms with van der Waals surface area (Å²) in [7, 11) is 1.59. The minimum Gasteiger partial charge on any atom is -0.504 e. The lowest BCUT2D eigenvalue weighted by Crippen LogP contribution is -2.25. The molecule has 0 aromatic heterocycles. The molecule has 16 heavy (non-hydrogen) atoms. The standard InChI is InChI=1S/C11H15NO4/c1-16-7-3-6-12-11(15)8-4-2-5-9(13)10(8)14/h2,4-5,13-14H,3,6-7H2,1H3,(H,12,15). The number of hydrogen-bond acceptors (Lipinski definition) is 4. The van der Waals surface area contributed by atoms with Gasteiger partial charge in [-0.2, -0.15) is 0 Å². The smallest absolute Gasteiger partial charge is 0.255 e. The molecule has 1 rings (SSSR count). The number of nitrogens with one attached hydrogen (secondary N) is 1. The van der Waals surface area contributed by atoms with E-state index >= 15 is 0 Å². The summed E-state index contributed by atoms with van der Waals surface area (Å²) >= 11 is 0. The molecule has 0 aliphatic heterocycles. The molecular formula is C11H15NO4. The van der Waals surface area contributed by atoms with Gasteiger partial charge in [-0.3, -0.25) is 4.79 Å². The van der Waals surface area contributed by atoms with E-state index in [0.29, 0.717) is 19.6 Å². The van der Waals surface area contributed by atoms with Crippen molar-refractivity contribution in [3.05, 3.63) is 23.8 Å². The van der Waals surface area contributed by atoms with Gasteiger partial charge in [0.25, 0.3) is 5.91 Å². The molecule has 0 radical (unpaired) electrons. The van der Waals surface area contributed by atoms with Gasteiger partial charge in [0.15, 0.2) is 11.5 Å². The fraction of sp³-hybridized carbons (Fsp3) is 0.364. The van der Waals surface area contributed by atoms with Crippen LogP contribution in [0.15, 0.2) is 18.2 Å². The Morgan fingerprint density at radius 1 is 1.44 bits per heavy atom. The first-order valence-corrected chi connectivity index (χ1v) is 4.95. The molecule has 0 aliphatic carbocycles. The molecule has 0 saturated carbocycles. The van der Waals surface area contributed by atoms with Gasteiger partial charge in [-0.15, -0.1) is 0 Å². The van der Waals surface area contributed by atoms with E-state index in [-0.39, 0.29) is 11.3 Å². The second-order valence-corrected chi connectivity index (χ2v) is 3.28. The zero-order valence-corrected chi connectivity index (χ0v) is 9.06. The van der Waals surface area contributed by atoms with Crippen molar-refractivity contribution in [2.24, 2.45) is 0 Å². The van der Waals surface area contributed by atoms with E-state index in [9.17, 15) is 15.0 Å². The van der Waals surface area contributed by atoms with E-state index < -0.39 is 11.7 Å². The summed E-state index contributed by atoms with van der Waals surface area (Å²) in [6.45, 7) is 1.02. The van der Waals surface area contributed by atoms with E-state index in [1.807, 2.05) is 0 Å². The highest BCUT2D eigenvalue weighted by molar-refractivity contribution is 5.97. The number of para-hydroxylation sites is 1. The molecule has 0 fully saturated rings. The van der Waals surface area contributed by atoms with Gasteiger partial charge in [0.2, 0.25) is 0 Å². The number of rotatable bonds is 5. The van der Waals surface area contributed by atoms with Crippen LogP contribution in [-0.4, -0.2) is 36.4 Å². The second kappa shape index (κ2) is 5.97. The van der Waals surface area contributed by atoms with Crippen LogP contribution in [0.2, 0.25) is 0 Å². The van der Waals surface area contributed by atoms with Gasteiger partial charge in [-0.1, -0.05) is 6.07 Å². The molecule has 5 heteroatoms. The molecule has 0 bridgehead atoms. The van der Waals surface area contributed by atoms with Gasteiger partial charge < -0.3 is 20.3 Å². The van der Waals surface area contributed by atoms with Crippen LogP contribution >= 0.6 is 0 Å². The summed E-state index contributed by atoms with van der Waals surface area (Å²) < 4.78 is 4.83. The average Bonchev–Trinajstić information content (AvgIpc) is 2.28. The Hall–Kier alpha value is -1.75. The monoisotopic (exact) mass is 225 g/mol. The molecule has 0 atom stereocenters. The first kappa shape index (κ1) is 12.3. The molecule has 1 aromatic carbocycles. The minimum atomic E-state index is -0.412. The van der Waals surface area contributed by atoms with Crippen molar-refractivity contribution in [3.8, 4) is 11.5 Å². The van der Waals surface area contributed by atoms with Gasteiger partial charge in [0.1, 0.15) is 0 Å². The number of carbonyl (C=O) groups is 1. The highest BCUT2D eigenvalue weighted by Crippen LogP contribution is 2.27. The van der Waals surface area contributed by atoms with Gasteiger partial charge in [-0.05, 0) is 18.6 Å². The van der Waals surface area contributed by atoms with Crippen molar-refractivity contribution >= 4 is 5.91 Å². The molecule has 88 valence electrons. The van der Waals surface area contributed by atoms with Crippen LogP contribution in [0.5, 0.6) is 11.5 Å². The minimum absolute atomic E-state index is 0.0671. The number of phenolic OH excluding ortho intramolecular Hbond substituents is 2. The molecule has 0 unspecified atom stereocenters. The fourth-order valence-electron chi connectivity index (χ4n) is 1.23. The van der Waals surface area contributed by atoms with Crippen LogP contribution in [0.3, 0.4) is 0 Å². The number of methoxy groups -OCH3 is 1. The summed E-state index contributed by atoms with van der Waals surface area (Å²) in [5.41, 5.74) is 0.0671. The third-order valence-electron chi connectivity index (χ3n) is 2.07. The molecule has 1 amide bonds. The van der Waals surface area contributed by atoms with E-state index in [1.165, 1.54) is 18.2 Å². The Morgan fingerprint density at radius 2 is 2.19 bits per heavy atom. The van der Waals surface area contributed by atoms with Crippen LogP contribution < -0.4 is 5.32 Å². The maximum atomic E-state index is 11.6. The van der Waals surface area contributed by atoms with Crippen molar-refractivity contribution in [1.82, 2.24) is 5.32 Å². The van der Waals surface area contributed by atoms with Gasteiger partial charge in [0, 0.05) is 20.3 Å². The third-order valence-corrected chi connectivity index (χ3v) is 2.07. The van der Waals surface area contributed by atoms with E-state index in [4.69, 9.17) is 4.74 Å². The van der Waals surface area contributed by atoms with E-state index in [1.54, 1.807) is 7.11 Å². The van der Waals surface area contributed by atoms with Crippen molar-refractivity contribution in [1.29, 1.82) is 0 Å². The number of ether oxygens (including phenoxy) is 1. The lowest BCUT2D eigenvalue weighted by atomic mass is 10.1.